The lowest BCUT2D eigenvalue weighted by Gasteiger charge is -2.07. The first-order valence-corrected chi connectivity index (χ1v) is 6.26. The fourth-order valence-electron chi connectivity index (χ4n) is 1.85. The number of rotatable bonds is 6. The van der Waals surface area contributed by atoms with E-state index in [-0.39, 0.29) is 5.56 Å². The van der Waals surface area contributed by atoms with Gasteiger partial charge in [-0.25, -0.2) is 0 Å². The van der Waals surface area contributed by atoms with E-state index in [0.29, 0.717) is 6.54 Å². The van der Waals surface area contributed by atoms with Crippen LogP contribution in [0.5, 0.6) is 0 Å². The van der Waals surface area contributed by atoms with Crippen LogP contribution in [0.3, 0.4) is 0 Å². The highest BCUT2D eigenvalue weighted by Gasteiger charge is 1.94. The number of aromatic nitrogens is 1. The summed E-state index contributed by atoms with van der Waals surface area (Å²) < 4.78 is 1.72. The van der Waals surface area contributed by atoms with E-state index in [9.17, 15) is 4.79 Å². The van der Waals surface area contributed by atoms with E-state index in [1.165, 1.54) is 5.56 Å². The molecule has 0 saturated heterocycles. The monoisotopic (exact) mass is 242 g/mol. The third kappa shape index (κ3) is 3.86. The van der Waals surface area contributed by atoms with Gasteiger partial charge in [-0.05, 0) is 24.6 Å². The minimum atomic E-state index is 0.0577. The van der Waals surface area contributed by atoms with Gasteiger partial charge in [-0.3, -0.25) is 4.79 Å². The quantitative estimate of drug-likeness (QED) is 0.782. The van der Waals surface area contributed by atoms with Gasteiger partial charge in [-0.1, -0.05) is 36.4 Å². The van der Waals surface area contributed by atoms with Gasteiger partial charge in [0.1, 0.15) is 0 Å². The minimum Gasteiger partial charge on any atom is -0.315 e. The number of pyridine rings is 1. The van der Waals surface area contributed by atoms with E-state index in [0.717, 1.165) is 19.5 Å². The van der Waals surface area contributed by atoms with Crippen LogP contribution in [0.1, 0.15) is 5.56 Å². The minimum absolute atomic E-state index is 0.0577. The van der Waals surface area contributed by atoms with E-state index in [1.807, 2.05) is 18.3 Å². The predicted octanol–water partition coefficient (Wildman–Crippen LogP) is 1.68. The highest BCUT2D eigenvalue weighted by atomic mass is 16.1. The molecule has 0 spiro atoms. The first-order chi connectivity index (χ1) is 8.86. The molecule has 0 amide bonds. The van der Waals surface area contributed by atoms with Crippen LogP contribution in [0.4, 0.5) is 0 Å². The second-order valence-corrected chi connectivity index (χ2v) is 4.22. The zero-order valence-electron chi connectivity index (χ0n) is 10.4. The summed E-state index contributed by atoms with van der Waals surface area (Å²) in [6, 6.07) is 15.6. The molecule has 1 aromatic carbocycles. The zero-order valence-corrected chi connectivity index (χ0v) is 10.4. The number of benzene rings is 1. The highest BCUT2D eigenvalue weighted by molar-refractivity contribution is 5.14. The lowest BCUT2D eigenvalue weighted by atomic mass is 10.1. The van der Waals surface area contributed by atoms with Gasteiger partial charge >= 0.3 is 0 Å². The van der Waals surface area contributed by atoms with E-state index in [4.69, 9.17) is 0 Å². The first-order valence-electron chi connectivity index (χ1n) is 6.26. The van der Waals surface area contributed by atoms with Crippen LogP contribution in [0.25, 0.3) is 0 Å². The Bertz CT molecular complexity index is 519. The largest absolute Gasteiger partial charge is 0.315 e. The molecule has 3 nitrogen and oxygen atoms in total. The van der Waals surface area contributed by atoms with Crippen LogP contribution in [0.2, 0.25) is 0 Å². The molecule has 0 unspecified atom stereocenters. The van der Waals surface area contributed by atoms with Crippen molar-refractivity contribution in [1.82, 2.24) is 9.88 Å². The van der Waals surface area contributed by atoms with Crippen molar-refractivity contribution in [3.05, 3.63) is 70.6 Å². The summed E-state index contributed by atoms with van der Waals surface area (Å²) in [5.74, 6) is 0. The Morgan fingerprint density at radius 1 is 0.944 bits per heavy atom. The maximum Gasteiger partial charge on any atom is 0.250 e. The topological polar surface area (TPSA) is 34.0 Å². The summed E-state index contributed by atoms with van der Waals surface area (Å²) in [5, 5.41) is 3.35. The van der Waals surface area contributed by atoms with Crippen molar-refractivity contribution >= 4 is 0 Å². The van der Waals surface area contributed by atoms with Crippen molar-refractivity contribution in [2.24, 2.45) is 0 Å². The average molecular weight is 242 g/mol. The van der Waals surface area contributed by atoms with Gasteiger partial charge in [0.25, 0.3) is 5.56 Å². The summed E-state index contributed by atoms with van der Waals surface area (Å²) in [4.78, 5) is 11.4. The summed E-state index contributed by atoms with van der Waals surface area (Å²) >= 11 is 0. The Hall–Kier alpha value is -1.87. The molecule has 2 rings (SSSR count). The second kappa shape index (κ2) is 6.77. The molecule has 0 saturated carbocycles. The van der Waals surface area contributed by atoms with Crippen molar-refractivity contribution in [1.29, 1.82) is 0 Å². The SMILES string of the molecule is O=c1ccccn1CCNCCc1ccccc1. The van der Waals surface area contributed by atoms with E-state index >= 15 is 0 Å². The molecule has 94 valence electrons. The van der Waals surface area contributed by atoms with Crippen LogP contribution >= 0.6 is 0 Å². The van der Waals surface area contributed by atoms with Crippen LogP contribution in [-0.4, -0.2) is 17.7 Å². The molecule has 1 N–H and O–H groups in total. The molecule has 0 aliphatic heterocycles. The van der Waals surface area contributed by atoms with E-state index in [1.54, 1.807) is 16.7 Å². The van der Waals surface area contributed by atoms with Crippen molar-refractivity contribution in [2.45, 2.75) is 13.0 Å². The molecule has 0 bridgehead atoms. The number of hydrogen-bond acceptors (Lipinski definition) is 2. The number of nitrogens with one attached hydrogen (secondary N) is 1. The molecule has 2 aromatic rings. The second-order valence-electron chi connectivity index (χ2n) is 4.22. The summed E-state index contributed by atoms with van der Waals surface area (Å²) in [6.07, 6.45) is 2.84. The Morgan fingerprint density at radius 2 is 1.72 bits per heavy atom. The summed E-state index contributed by atoms with van der Waals surface area (Å²) in [6.45, 7) is 2.47. The molecular formula is C15H18N2O. The molecule has 0 aliphatic carbocycles. The van der Waals surface area contributed by atoms with Gasteiger partial charge in [-0.2, -0.15) is 0 Å². The van der Waals surface area contributed by atoms with Crippen LogP contribution < -0.4 is 10.9 Å². The molecule has 3 heteroatoms. The Labute approximate surface area is 107 Å². The van der Waals surface area contributed by atoms with Gasteiger partial charge in [0.2, 0.25) is 0 Å². The number of hydrogen-bond donors (Lipinski definition) is 1. The smallest absolute Gasteiger partial charge is 0.250 e. The fraction of sp³-hybridized carbons (Fsp3) is 0.267. The van der Waals surface area contributed by atoms with E-state index in [2.05, 4.69) is 29.6 Å². The van der Waals surface area contributed by atoms with E-state index < -0.39 is 0 Å². The third-order valence-electron chi connectivity index (χ3n) is 2.86. The molecule has 0 atom stereocenters. The molecule has 0 radical (unpaired) electrons. The van der Waals surface area contributed by atoms with Gasteiger partial charge in [0.15, 0.2) is 0 Å². The van der Waals surface area contributed by atoms with Crippen molar-refractivity contribution in [3.63, 3.8) is 0 Å². The van der Waals surface area contributed by atoms with Crippen molar-refractivity contribution in [2.75, 3.05) is 13.1 Å². The zero-order chi connectivity index (χ0) is 12.6. The standard InChI is InChI=1S/C15H18N2O/c18-15-8-4-5-12-17(15)13-11-16-10-9-14-6-2-1-3-7-14/h1-8,12,16H,9-11,13H2. The molecular weight excluding hydrogens is 224 g/mol. The summed E-state index contributed by atoms with van der Waals surface area (Å²) in [5.41, 5.74) is 1.39. The van der Waals surface area contributed by atoms with Crippen LogP contribution in [-0.2, 0) is 13.0 Å². The molecule has 18 heavy (non-hydrogen) atoms. The number of nitrogens with zero attached hydrogens (tertiary/aromatic N) is 1. The normalized spacial score (nSPS) is 10.4. The van der Waals surface area contributed by atoms with Crippen molar-refractivity contribution < 1.29 is 0 Å². The van der Waals surface area contributed by atoms with Crippen LogP contribution in [0.15, 0.2) is 59.5 Å². The maximum absolute atomic E-state index is 11.4. The summed E-state index contributed by atoms with van der Waals surface area (Å²) in [7, 11) is 0. The van der Waals surface area contributed by atoms with Crippen LogP contribution in [0, 0.1) is 0 Å². The third-order valence-corrected chi connectivity index (χ3v) is 2.86. The fourth-order valence-corrected chi connectivity index (χ4v) is 1.85. The van der Waals surface area contributed by atoms with Gasteiger partial charge in [0.05, 0.1) is 0 Å². The molecule has 1 heterocycles. The molecule has 1 aromatic heterocycles. The predicted molar refractivity (Wildman–Crippen MR) is 73.7 cm³/mol. The van der Waals surface area contributed by atoms with Crippen molar-refractivity contribution in [3.8, 4) is 0 Å². The maximum atomic E-state index is 11.4. The lowest BCUT2D eigenvalue weighted by Crippen LogP contribution is -2.27. The Kier molecular flexibility index (Phi) is 4.73. The van der Waals surface area contributed by atoms with Gasteiger partial charge < -0.3 is 9.88 Å². The molecule has 0 fully saturated rings. The van der Waals surface area contributed by atoms with Gasteiger partial charge in [-0.15, -0.1) is 0 Å². The Balaban J connectivity index is 1.68. The average Bonchev–Trinajstić information content (AvgIpc) is 2.42. The first kappa shape index (κ1) is 12.6. The highest BCUT2D eigenvalue weighted by Crippen LogP contribution is 1.97. The van der Waals surface area contributed by atoms with Gasteiger partial charge in [0, 0.05) is 25.4 Å². The lowest BCUT2D eigenvalue weighted by molar-refractivity contribution is 0.586. The Morgan fingerprint density at radius 3 is 2.50 bits per heavy atom. The molecule has 0 aliphatic rings.